The molecule has 1 fully saturated rings. The fraction of sp³-hybridized carbons (Fsp3) is 0.423. The van der Waals surface area contributed by atoms with E-state index in [9.17, 15) is 18.8 Å². The minimum atomic E-state index is -0.411. The van der Waals surface area contributed by atoms with Crippen LogP contribution in [-0.2, 0) is 25.6 Å². The molecule has 2 aliphatic rings. The van der Waals surface area contributed by atoms with Crippen LogP contribution < -0.4 is 15.4 Å². The van der Waals surface area contributed by atoms with Crippen LogP contribution >= 0.6 is 0 Å². The van der Waals surface area contributed by atoms with E-state index in [0.717, 1.165) is 0 Å². The molecule has 2 aromatic rings. The van der Waals surface area contributed by atoms with Gasteiger partial charge in [0.25, 0.3) is 5.91 Å². The van der Waals surface area contributed by atoms with Crippen LogP contribution in [0.1, 0.15) is 35.2 Å². The van der Waals surface area contributed by atoms with E-state index >= 15 is 0 Å². The molecular formula is C26H30FN3O6. The molecular weight excluding hydrogens is 469 g/mol. The highest BCUT2D eigenvalue weighted by molar-refractivity contribution is 6.00. The van der Waals surface area contributed by atoms with Crippen molar-refractivity contribution in [1.29, 1.82) is 0 Å². The molecule has 0 bridgehead atoms. The third-order valence-corrected chi connectivity index (χ3v) is 6.42. The molecule has 0 aromatic heterocycles. The second-order valence-electron chi connectivity index (χ2n) is 8.93. The molecule has 0 unspecified atom stereocenters. The van der Waals surface area contributed by atoms with Crippen LogP contribution in [0.15, 0.2) is 42.5 Å². The number of carbonyl (C=O) groups is 3. The van der Waals surface area contributed by atoms with Crippen molar-refractivity contribution >= 4 is 23.4 Å². The molecule has 9 nitrogen and oxygen atoms in total. The lowest BCUT2D eigenvalue weighted by Gasteiger charge is -2.42. The normalized spacial score (nSPS) is 21.4. The molecule has 2 N–H and O–H groups in total. The predicted molar refractivity (Wildman–Crippen MR) is 129 cm³/mol. The highest BCUT2D eigenvalue weighted by Gasteiger charge is 2.39. The number of hydrogen-bond donors (Lipinski definition) is 2. The Morgan fingerprint density at radius 1 is 1.17 bits per heavy atom. The van der Waals surface area contributed by atoms with Gasteiger partial charge in [-0.05, 0) is 37.1 Å². The second-order valence-corrected chi connectivity index (χ2v) is 8.93. The summed E-state index contributed by atoms with van der Waals surface area (Å²) in [5.41, 5.74) is 1.24. The average molecular weight is 500 g/mol. The van der Waals surface area contributed by atoms with Gasteiger partial charge >= 0.3 is 0 Å². The quantitative estimate of drug-likeness (QED) is 0.607. The van der Waals surface area contributed by atoms with Gasteiger partial charge < -0.3 is 29.7 Å². The van der Waals surface area contributed by atoms with Crippen molar-refractivity contribution in [3.05, 3.63) is 59.4 Å². The first-order chi connectivity index (χ1) is 17.4. The minimum absolute atomic E-state index is 0.0924. The number of hydrogen-bond acceptors (Lipinski definition) is 6. The Morgan fingerprint density at radius 3 is 2.75 bits per heavy atom. The Balaban J connectivity index is 1.38. The van der Waals surface area contributed by atoms with Crippen molar-refractivity contribution in [3.63, 3.8) is 0 Å². The topological polar surface area (TPSA) is 106 Å². The van der Waals surface area contributed by atoms with Crippen molar-refractivity contribution in [2.75, 3.05) is 32.7 Å². The van der Waals surface area contributed by atoms with Crippen molar-refractivity contribution in [2.24, 2.45) is 0 Å². The molecule has 2 heterocycles. The maximum Gasteiger partial charge on any atom is 0.257 e. The summed E-state index contributed by atoms with van der Waals surface area (Å²) in [5, 5.41) is 5.44. The Hall–Kier alpha value is -3.50. The van der Waals surface area contributed by atoms with E-state index in [-0.39, 0.29) is 61.9 Å². The van der Waals surface area contributed by atoms with Gasteiger partial charge in [-0.3, -0.25) is 14.4 Å². The number of nitrogens with zero attached hydrogens (tertiary/aromatic N) is 1. The summed E-state index contributed by atoms with van der Waals surface area (Å²) in [6, 6.07) is 11.0. The number of nitrogens with one attached hydrogen (secondary N) is 2. The van der Waals surface area contributed by atoms with Gasteiger partial charge in [0.15, 0.2) is 0 Å². The SMILES string of the molecule is COCC(=O)Nc1ccc2c(c1)C(=O)N(C)[C@@H]1CC[C@H](CC(=O)NCc3ccccc3F)O[C@@H]1CO2. The van der Waals surface area contributed by atoms with Crippen LogP contribution in [-0.4, -0.2) is 68.2 Å². The van der Waals surface area contributed by atoms with Crippen LogP contribution in [0.25, 0.3) is 0 Å². The zero-order chi connectivity index (χ0) is 25.7. The third kappa shape index (κ3) is 6.00. The van der Waals surface area contributed by atoms with Crippen molar-refractivity contribution in [3.8, 4) is 5.75 Å². The summed E-state index contributed by atoms with van der Waals surface area (Å²) >= 11 is 0. The number of benzene rings is 2. The first-order valence-electron chi connectivity index (χ1n) is 11.8. The molecule has 1 saturated heterocycles. The van der Waals surface area contributed by atoms with Crippen LogP contribution in [0, 0.1) is 5.82 Å². The monoisotopic (exact) mass is 499 g/mol. The van der Waals surface area contributed by atoms with Gasteiger partial charge in [0, 0.05) is 32.0 Å². The lowest BCUT2D eigenvalue weighted by Crippen LogP contribution is -2.53. The van der Waals surface area contributed by atoms with Crippen molar-refractivity contribution in [1.82, 2.24) is 10.2 Å². The smallest absolute Gasteiger partial charge is 0.257 e. The number of methoxy groups -OCH3 is 1. The van der Waals surface area contributed by atoms with Gasteiger partial charge in [0.1, 0.15) is 30.9 Å². The Bertz CT molecular complexity index is 1130. The first kappa shape index (κ1) is 25.6. The third-order valence-electron chi connectivity index (χ3n) is 6.42. The summed E-state index contributed by atoms with van der Waals surface area (Å²) in [4.78, 5) is 39.2. The van der Waals surface area contributed by atoms with E-state index in [1.54, 1.807) is 48.3 Å². The molecule has 3 amide bonds. The fourth-order valence-electron chi connectivity index (χ4n) is 4.55. The maximum atomic E-state index is 13.8. The Morgan fingerprint density at radius 2 is 1.97 bits per heavy atom. The predicted octanol–water partition coefficient (Wildman–Crippen LogP) is 2.50. The number of likely N-dealkylation sites (N-methyl/N-ethyl adjacent to an activating group) is 1. The molecule has 0 spiro atoms. The number of rotatable bonds is 7. The van der Waals surface area contributed by atoms with E-state index in [1.807, 2.05) is 0 Å². The minimum Gasteiger partial charge on any atom is -0.490 e. The highest BCUT2D eigenvalue weighted by atomic mass is 19.1. The number of ether oxygens (including phenoxy) is 3. The molecule has 0 aliphatic carbocycles. The van der Waals surface area contributed by atoms with Gasteiger partial charge in [-0.1, -0.05) is 18.2 Å². The van der Waals surface area contributed by atoms with Gasteiger partial charge in [-0.2, -0.15) is 0 Å². The number of halogens is 1. The maximum absolute atomic E-state index is 13.8. The number of carbonyl (C=O) groups excluding carboxylic acids is 3. The summed E-state index contributed by atoms with van der Waals surface area (Å²) in [6.07, 6.45) is 0.617. The van der Waals surface area contributed by atoms with Gasteiger partial charge in [-0.15, -0.1) is 0 Å². The standard InChI is InChI=1S/C26H30FN3O6/c1-30-21-9-8-18(12-24(31)28-13-16-5-3-4-6-20(16)27)36-23(21)14-35-22-10-7-17(11-19(22)26(30)33)29-25(32)15-34-2/h3-7,10-11,18,21,23H,8-9,12-15H2,1-2H3,(H,28,31)(H,29,32)/t18-,21-,23-/m1/s1. The average Bonchev–Trinajstić information content (AvgIpc) is 2.86. The van der Waals surface area contributed by atoms with Gasteiger partial charge in [-0.25, -0.2) is 4.39 Å². The van der Waals surface area contributed by atoms with Crippen LogP contribution in [0.4, 0.5) is 10.1 Å². The highest BCUT2D eigenvalue weighted by Crippen LogP contribution is 2.32. The molecule has 0 saturated carbocycles. The molecule has 3 atom stereocenters. The Kier molecular flexibility index (Phi) is 8.17. The summed E-state index contributed by atoms with van der Waals surface area (Å²) < 4.78 is 30.7. The lowest BCUT2D eigenvalue weighted by atomic mass is 9.94. The van der Waals surface area contributed by atoms with E-state index in [2.05, 4.69) is 10.6 Å². The van der Waals surface area contributed by atoms with Crippen LogP contribution in [0.3, 0.4) is 0 Å². The molecule has 2 aromatic carbocycles. The first-order valence-corrected chi connectivity index (χ1v) is 11.8. The zero-order valence-electron chi connectivity index (χ0n) is 20.3. The summed E-state index contributed by atoms with van der Waals surface area (Å²) in [6.45, 7) is 0.220. The zero-order valence-corrected chi connectivity index (χ0v) is 20.3. The molecule has 2 aliphatic heterocycles. The lowest BCUT2D eigenvalue weighted by molar-refractivity contribution is -0.134. The fourth-order valence-corrected chi connectivity index (χ4v) is 4.55. The van der Waals surface area contributed by atoms with E-state index < -0.39 is 6.10 Å². The largest absolute Gasteiger partial charge is 0.490 e. The van der Waals surface area contributed by atoms with Crippen molar-refractivity contribution < 1.29 is 33.0 Å². The summed E-state index contributed by atoms with van der Waals surface area (Å²) in [7, 11) is 3.15. The van der Waals surface area contributed by atoms with Gasteiger partial charge in [0.05, 0.1) is 24.1 Å². The second kappa shape index (κ2) is 11.5. The van der Waals surface area contributed by atoms with E-state index in [1.165, 1.54) is 13.2 Å². The molecule has 192 valence electrons. The Labute approximate surface area is 208 Å². The van der Waals surface area contributed by atoms with Gasteiger partial charge in [0.2, 0.25) is 11.8 Å². The van der Waals surface area contributed by atoms with Crippen LogP contribution in [0.5, 0.6) is 5.75 Å². The molecule has 4 rings (SSSR count). The molecule has 36 heavy (non-hydrogen) atoms. The molecule has 0 radical (unpaired) electrons. The van der Waals surface area contributed by atoms with Crippen molar-refractivity contribution in [2.45, 2.75) is 44.1 Å². The molecule has 10 heteroatoms. The van der Waals surface area contributed by atoms with E-state index in [4.69, 9.17) is 14.2 Å². The van der Waals surface area contributed by atoms with E-state index in [0.29, 0.717) is 35.4 Å². The summed E-state index contributed by atoms with van der Waals surface area (Å²) in [5.74, 6) is -0.768. The van der Waals surface area contributed by atoms with Crippen LogP contribution in [0.2, 0.25) is 0 Å². The number of anilines is 1. The number of fused-ring (bicyclic) bond motifs is 2. The number of amides is 3.